The number of carbonyl (C=O) groups excluding carboxylic acids is 1. The van der Waals surface area contributed by atoms with Crippen molar-refractivity contribution in [2.24, 2.45) is 5.92 Å². The van der Waals surface area contributed by atoms with E-state index in [1.807, 2.05) is 20.8 Å². The van der Waals surface area contributed by atoms with Crippen molar-refractivity contribution in [1.82, 2.24) is 5.32 Å². The molecule has 136 valence electrons. The van der Waals surface area contributed by atoms with Gasteiger partial charge in [-0.05, 0) is 43.5 Å². The minimum absolute atomic E-state index is 0.0381. The van der Waals surface area contributed by atoms with Gasteiger partial charge in [0.05, 0.1) is 19.1 Å². The third-order valence-electron chi connectivity index (χ3n) is 4.03. The number of carbonyl (C=O) groups is 1. The van der Waals surface area contributed by atoms with Crippen LogP contribution in [0.3, 0.4) is 0 Å². The Hall–Kier alpha value is -1.76. The quantitative estimate of drug-likeness (QED) is 0.776. The molecule has 1 aromatic rings. The third kappa shape index (κ3) is 5.12. The molecule has 0 unspecified atom stereocenters. The normalized spacial score (nSPS) is 14.1. The molecule has 0 aliphatic rings. The predicted octanol–water partition coefficient (Wildman–Crippen LogP) is 2.40. The molecule has 0 radical (unpaired) electrons. The minimum Gasteiger partial charge on any atom is -0.497 e. The van der Waals surface area contributed by atoms with Crippen molar-refractivity contribution in [2.75, 3.05) is 17.7 Å². The maximum absolute atomic E-state index is 12.6. The topological polar surface area (TPSA) is 75.7 Å². The summed E-state index contributed by atoms with van der Waals surface area (Å²) in [6.45, 7) is 7.72. The summed E-state index contributed by atoms with van der Waals surface area (Å²) in [5.41, 5.74) is 0.442. The first-order chi connectivity index (χ1) is 11.1. The van der Waals surface area contributed by atoms with Gasteiger partial charge in [0, 0.05) is 6.04 Å². The zero-order chi connectivity index (χ0) is 18.5. The Morgan fingerprint density at radius 3 is 2.12 bits per heavy atom. The van der Waals surface area contributed by atoms with Crippen molar-refractivity contribution in [3.63, 3.8) is 0 Å². The lowest BCUT2D eigenvalue weighted by Gasteiger charge is -2.31. The van der Waals surface area contributed by atoms with Gasteiger partial charge in [0.15, 0.2) is 0 Å². The highest BCUT2D eigenvalue weighted by atomic mass is 32.2. The van der Waals surface area contributed by atoms with Gasteiger partial charge in [-0.2, -0.15) is 0 Å². The molecule has 0 heterocycles. The second-order valence-electron chi connectivity index (χ2n) is 6.22. The lowest BCUT2D eigenvalue weighted by atomic mass is 10.1. The highest BCUT2D eigenvalue weighted by Crippen LogP contribution is 2.25. The van der Waals surface area contributed by atoms with Crippen LogP contribution in [0.5, 0.6) is 5.75 Å². The second kappa shape index (κ2) is 8.37. The van der Waals surface area contributed by atoms with Crippen LogP contribution in [0.2, 0.25) is 0 Å². The highest BCUT2D eigenvalue weighted by Gasteiger charge is 2.32. The van der Waals surface area contributed by atoms with Gasteiger partial charge in [-0.15, -0.1) is 0 Å². The summed E-state index contributed by atoms with van der Waals surface area (Å²) in [4.78, 5) is 12.6. The minimum atomic E-state index is -3.62. The van der Waals surface area contributed by atoms with Crippen molar-refractivity contribution < 1.29 is 17.9 Å². The number of benzene rings is 1. The van der Waals surface area contributed by atoms with E-state index < -0.39 is 16.1 Å². The molecule has 1 amide bonds. The van der Waals surface area contributed by atoms with Gasteiger partial charge in [0.1, 0.15) is 11.8 Å². The van der Waals surface area contributed by atoms with Crippen LogP contribution in [0.1, 0.15) is 34.1 Å². The SMILES string of the molecule is CC[C@@H](C(=O)N[C@H](C)C(C)C)N(c1ccc(OC)cc1)S(C)(=O)=O. The number of hydrogen-bond donors (Lipinski definition) is 1. The molecule has 0 aliphatic carbocycles. The van der Waals surface area contributed by atoms with Gasteiger partial charge in [-0.3, -0.25) is 9.10 Å². The maximum Gasteiger partial charge on any atom is 0.244 e. The molecule has 0 fully saturated rings. The number of hydrogen-bond acceptors (Lipinski definition) is 4. The van der Waals surface area contributed by atoms with Crippen LogP contribution >= 0.6 is 0 Å². The van der Waals surface area contributed by atoms with Gasteiger partial charge >= 0.3 is 0 Å². The van der Waals surface area contributed by atoms with Crippen LogP contribution in [0.4, 0.5) is 5.69 Å². The molecule has 1 N–H and O–H groups in total. The Kier molecular flexibility index (Phi) is 7.08. The molecule has 1 rings (SSSR count). The van der Waals surface area contributed by atoms with Gasteiger partial charge in [-0.1, -0.05) is 20.8 Å². The van der Waals surface area contributed by atoms with E-state index in [2.05, 4.69) is 5.32 Å². The Morgan fingerprint density at radius 1 is 1.21 bits per heavy atom. The van der Waals surface area contributed by atoms with Crippen LogP contribution in [0.15, 0.2) is 24.3 Å². The zero-order valence-corrected chi connectivity index (χ0v) is 16.1. The van der Waals surface area contributed by atoms with Crippen molar-refractivity contribution >= 4 is 21.6 Å². The van der Waals surface area contributed by atoms with Crippen molar-refractivity contribution in [3.8, 4) is 5.75 Å². The fraction of sp³-hybridized carbons (Fsp3) is 0.588. The first-order valence-corrected chi connectivity index (χ1v) is 9.90. The molecule has 6 nitrogen and oxygen atoms in total. The molecule has 0 saturated carbocycles. The van der Waals surface area contributed by atoms with Crippen LogP contribution in [-0.2, 0) is 14.8 Å². The molecular formula is C17H28N2O4S. The fourth-order valence-electron chi connectivity index (χ4n) is 2.28. The van der Waals surface area contributed by atoms with Crippen molar-refractivity contribution in [1.29, 1.82) is 0 Å². The summed E-state index contributed by atoms with van der Waals surface area (Å²) in [5.74, 6) is 0.595. The predicted molar refractivity (Wildman–Crippen MR) is 96.8 cm³/mol. The largest absolute Gasteiger partial charge is 0.497 e. The van der Waals surface area contributed by atoms with Crippen molar-refractivity contribution in [3.05, 3.63) is 24.3 Å². The maximum atomic E-state index is 12.6. The summed E-state index contributed by atoms with van der Waals surface area (Å²) in [6, 6.07) is 5.80. The lowest BCUT2D eigenvalue weighted by Crippen LogP contribution is -2.51. The van der Waals surface area contributed by atoms with Gasteiger partial charge in [0.2, 0.25) is 15.9 Å². The lowest BCUT2D eigenvalue weighted by molar-refractivity contribution is -0.123. The van der Waals surface area contributed by atoms with Gasteiger partial charge in [0.25, 0.3) is 0 Å². The van der Waals surface area contributed by atoms with E-state index in [0.717, 1.165) is 6.26 Å². The molecule has 0 aliphatic heterocycles. The number of nitrogens with one attached hydrogen (secondary N) is 1. The summed E-state index contributed by atoms with van der Waals surface area (Å²) in [6.07, 6.45) is 1.48. The zero-order valence-electron chi connectivity index (χ0n) is 15.2. The number of nitrogens with zero attached hydrogens (tertiary/aromatic N) is 1. The van der Waals surface area contributed by atoms with Crippen LogP contribution < -0.4 is 14.4 Å². The number of amides is 1. The number of ether oxygens (including phenoxy) is 1. The smallest absolute Gasteiger partial charge is 0.244 e. The number of anilines is 1. The van der Waals surface area contributed by atoms with E-state index in [9.17, 15) is 13.2 Å². The molecule has 0 spiro atoms. The average molecular weight is 356 g/mol. The van der Waals surface area contributed by atoms with E-state index >= 15 is 0 Å². The highest BCUT2D eigenvalue weighted by molar-refractivity contribution is 7.92. The summed E-state index contributed by atoms with van der Waals surface area (Å²) in [5, 5.41) is 2.91. The molecule has 1 aromatic carbocycles. The number of rotatable bonds is 8. The Labute approximate surface area is 145 Å². The summed E-state index contributed by atoms with van der Waals surface area (Å²) >= 11 is 0. The van der Waals surface area contributed by atoms with Gasteiger partial charge in [-0.25, -0.2) is 8.42 Å². The monoisotopic (exact) mass is 356 g/mol. The van der Waals surface area contributed by atoms with Crippen LogP contribution in [-0.4, -0.2) is 39.8 Å². The van der Waals surface area contributed by atoms with Crippen molar-refractivity contribution in [2.45, 2.75) is 46.2 Å². The van der Waals surface area contributed by atoms with Crippen LogP contribution in [0.25, 0.3) is 0 Å². The molecule has 24 heavy (non-hydrogen) atoms. The summed E-state index contributed by atoms with van der Waals surface area (Å²) in [7, 11) is -2.08. The molecule has 0 bridgehead atoms. The summed E-state index contributed by atoms with van der Waals surface area (Å²) < 4.78 is 30.9. The Balaban J connectivity index is 3.19. The molecule has 0 aromatic heterocycles. The average Bonchev–Trinajstić information content (AvgIpc) is 2.51. The standard InChI is InChI=1S/C17H28N2O4S/c1-7-16(17(20)18-13(4)12(2)3)19(24(6,21)22)14-8-10-15(23-5)11-9-14/h8-13,16H,7H2,1-6H3,(H,18,20)/t13-,16+/m1/s1. The fourth-order valence-corrected chi connectivity index (χ4v) is 3.49. The first kappa shape index (κ1) is 20.3. The first-order valence-electron chi connectivity index (χ1n) is 8.05. The van der Waals surface area contributed by atoms with E-state index in [-0.39, 0.29) is 17.9 Å². The van der Waals surface area contributed by atoms with E-state index in [4.69, 9.17) is 4.74 Å². The van der Waals surface area contributed by atoms with E-state index in [0.29, 0.717) is 17.9 Å². The molecule has 2 atom stereocenters. The molecular weight excluding hydrogens is 328 g/mol. The number of sulfonamides is 1. The second-order valence-corrected chi connectivity index (χ2v) is 8.08. The van der Waals surface area contributed by atoms with Crippen LogP contribution in [0, 0.1) is 5.92 Å². The Morgan fingerprint density at radius 2 is 1.75 bits per heavy atom. The van der Waals surface area contributed by atoms with Gasteiger partial charge < -0.3 is 10.1 Å². The molecule has 7 heteroatoms. The Bertz CT molecular complexity index is 641. The third-order valence-corrected chi connectivity index (χ3v) is 5.21. The number of methoxy groups -OCH3 is 1. The van der Waals surface area contributed by atoms with E-state index in [1.165, 1.54) is 4.31 Å². The molecule has 0 saturated heterocycles. The van der Waals surface area contributed by atoms with E-state index in [1.54, 1.807) is 38.3 Å².